The van der Waals surface area contributed by atoms with Gasteiger partial charge >= 0.3 is 5.97 Å². The zero-order chi connectivity index (χ0) is 29.7. The molecular formula is C31H33F2N3O5. The molecule has 3 aromatic carbocycles. The first-order chi connectivity index (χ1) is 19.5. The molecule has 216 valence electrons. The molecule has 0 aliphatic heterocycles. The Morgan fingerprint density at radius 2 is 1.78 bits per heavy atom. The van der Waals surface area contributed by atoms with Crippen molar-refractivity contribution in [3.8, 4) is 39.7 Å². The molecule has 10 heteroatoms. The number of aromatic nitrogens is 2. The van der Waals surface area contributed by atoms with Gasteiger partial charge in [0.2, 0.25) is 5.82 Å². The van der Waals surface area contributed by atoms with E-state index in [-0.39, 0.29) is 36.6 Å². The van der Waals surface area contributed by atoms with Gasteiger partial charge in [-0.15, -0.1) is 0 Å². The fourth-order valence-electron chi connectivity index (χ4n) is 4.48. The summed E-state index contributed by atoms with van der Waals surface area (Å²) in [5.41, 5.74) is 3.17. The van der Waals surface area contributed by atoms with Crippen LogP contribution in [-0.2, 0) is 27.4 Å². The van der Waals surface area contributed by atoms with Gasteiger partial charge in [0.15, 0.2) is 11.6 Å². The van der Waals surface area contributed by atoms with Crippen molar-refractivity contribution in [2.45, 2.75) is 39.5 Å². The lowest BCUT2D eigenvalue weighted by atomic mass is 9.96. The van der Waals surface area contributed by atoms with E-state index in [4.69, 9.17) is 18.7 Å². The van der Waals surface area contributed by atoms with E-state index in [1.165, 1.54) is 25.3 Å². The summed E-state index contributed by atoms with van der Waals surface area (Å²) < 4.78 is 50.5. The topological polar surface area (TPSA) is 86.9 Å². The van der Waals surface area contributed by atoms with Crippen LogP contribution in [0.1, 0.15) is 31.9 Å². The molecule has 0 amide bonds. The number of halogens is 2. The van der Waals surface area contributed by atoms with E-state index < -0.39 is 17.2 Å². The third-order valence-corrected chi connectivity index (χ3v) is 6.03. The van der Waals surface area contributed by atoms with Crippen LogP contribution in [0.15, 0.2) is 59.1 Å². The summed E-state index contributed by atoms with van der Waals surface area (Å²) in [5, 5.41) is 4.07. The molecule has 0 N–H and O–H groups in total. The highest BCUT2D eigenvalue weighted by atomic mass is 19.1. The molecule has 1 aromatic heterocycles. The lowest BCUT2D eigenvalue weighted by Crippen LogP contribution is -2.32. The van der Waals surface area contributed by atoms with Gasteiger partial charge in [-0.25, -0.2) is 8.78 Å². The Balaban J connectivity index is 1.58. The lowest BCUT2D eigenvalue weighted by molar-refractivity contribution is -0.155. The number of esters is 1. The second kappa shape index (κ2) is 12.6. The minimum absolute atomic E-state index is 0.0524. The molecule has 0 bridgehead atoms. The standard InChI is InChI=1S/C31H33F2N3O5/c1-31(2,3)40-27(37)17-36(4)16-19-12-21(15-23(32)13-19)29-34-30(41-35-29)20-10-11-24(22(14-20)18-38-5)25-8-7-9-26(33)28(25)39-6/h7-15H,16-18H2,1-6H3. The van der Waals surface area contributed by atoms with Gasteiger partial charge in [0.1, 0.15) is 11.4 Å². The number of methoxy groups -OCH3 is 2. The molecule has 4 aromatic rings. The van der Waals surface area contributed by atoms with Gasteiger partial charge < -0.3 is 18.7 Å². The van der Waals surface area contributed by atoms with E-state index in [1.54, 1.807) is 64.1 Å². The molecule has 0 radical (unpaired) electrons. The number of benzene rings is 3. The van der Waals surface area contributed by atoms with Gasteiger partial charge in [0.05, 0.1) is 20.3 Å². The number of hydrogen-bond acceptors (Lipinski definition) is 8. The Morgan fingerprint density at radius 3 is 2.49 bits per heavy atom. The predicted octanol–water partition coefficient (Wildman–Crippen LogP) is 6.28. The summed E-state index contributed by atoms with van der Waals surface area (Å²) >= 11 is 0. The molecule has 0 aliphatic rings. The molecule has 0 atom stereocenters. The van der Waals surface area contributed by atoms with Gasteiger partial charge in [0, 0.05) is 30.3 Å². The highest BCUT2D eigenvalue weighted by Crippen LogP contribution is 2.36. The first-order valence-corrected chi connectivity index (χ1v) is 13.0. The summed E-state index contributed by atoms with van der Waals surface area (Å²) in [6.07, 6.45) is 0. The number of para-hydroxylation sites is 1. The Bertz CT molecular complexity index is 1530. The van der Waals surface area contributed by atoms with E-state index in [0.717, 1.165) is 11.1 Å². The van der Waals surface area contributed by atoms with Crippen LogP contribution >= 0.6 is 0 Å². The van der Waals surface area contributed by atoms with Crippen LogP contribution in [0.4, 0.5) is 8.78 Å². The van der Waals surface area contributed by atoms with Crippen molar-refractivity contribution in [3.05, 3.63) is 77.4 Å². The first-order valence-electron chi connectivity index (χ1n) is 13.0. The number of ether oxygens (including phenoxy) is 3. The third kappa shape index (κ3) is 7.53. The van der Waals surface area contributed by atoms with Crippen LogP contribution in [0.25, 0.3) is 34.0 Å². The van der Waals surface area contributed by atoms with Gasteiger partial charge in [0.25, 0.3) is 5.89 Å². The Labute approximate surface area is 237 Å². The Morgan fingerprint density at radius 1 is 1.00 bits per heavy atom. The van der Waals surface area contributed by atoms with E-state index in [9.17, 15) is 13.6 Å². The highest BCUT2D eigenvalue weighted by Gasteiger charge is 2.20. The molecule has 8 nitrogen and oxygen atoms in total. The molecular weight excluding hydrogens is 532 g/mol. The lowest BCUT2D eigenvalue weighted by Gasteiger charge is -2.22. The molecule has 0 fully saturated rings. The predicted molar refractivity (Wildman–Crippen MR) is 150 cm³/mol. The van der Waals surface area contributed by atoms with E-state index in [0.29, 0.717) is 28.8 Å². The van der Waals surface area contributed by atoms with Crippen molar-refractivity contribution < 1.29 is 32.3 Å². The van der Waals surface area contributed by atoms with E-state index in [2.05, 4.69) is 10.1 Å². The van der Waals surface area contributed by atoms with Crippen molar-refractivity contribution in [1.29, 1.82) is 0 Å². The largest absolute Gasteiger partial charge is 0.493 e. The van der Waals surface area contributed by atoms with Crippen molar-refractivity contribution >= 4 is 5.97 Å². The minimum Gasteiger partial charge on any atom is -0.493 e. The molecule has 1 heterocycles. The van der Waals surface area contributed by atoms with Crippen molar-refractivity contribution in [1.82, 2.24) is 15.0 Å². The maximum atomic E-state index is 14.6. The molecule has 41 heavy (non-hydrogen) atoms. The van der Waals surface area contributed by atoms with Crippen LogP contribution < -0.4 is 4.74 Å². The van der Waals surface area contributed by atoms with Crippen LogP contribution in [0, 0.1) is 11.6 Å². The van der Waals surface area contributed by atoms with Gasteiger partial charge in [-0.2, -0.15) is 4.98 Å². The second-order valence-corrected chi connectivity index (χ2v) is 10.7. The minimum atomic E-state index is -0.586. The van der Waals surface area contributed by atoms with Crippen LogP contribution in [0.2, 0.25) is 0 Å². The maximum Gasteiger partial charge on any atom is 0.320 e. The number of carbonyl (C=O) groups is 1. The van der Waals surface area contributed by atoms with Gasteiger partial charge in [-0.3, -0.25) is 9.69 Å². The SMILES string of the molecule is COCc1cc(-c2nc(-c3cc(F)cc(CN(C)CC(=O)OC(C)(C)C)c3)no2)ccc1-c1cccc(F)c1OC. The van der Waals surface area contributed by atoms with Gasteiger partial charge in [-0.1, -0.05) is 23.4 Å². The Hall–Kier alpha value is -4.15. The molecule has 0 unspecified atom stereocenters. The van der Waals surface area contributed by atoms with Crippen molar-refractivity contribution in [2.75, 3.05) is 27.8 Å². The first kappa shape index (κ1) is 29.8. The summed E-state index contributed by atoms with van der Waals surface area (Å²) in [7, 11) is 4.74. The number of rotatable bonds is 10. The number of likely N-dealkylation sites (N-methyl/N-ethyl adjacent to an activating group) is 1. The number of hydrogen-bond donors (Lipinski definition) is 0. The molecule has 0 spiro atoms. The Kier molecular flexibility index (Phi) is 9.14. The zero-order valence-corrected chi connectivity index (χ0v) is 24.0. The van der Waals surface area contributed by atoms with Crippen LogP contribution in [-0.4, -0.2) is 54.4 Å². The van der Waals surface area contributed by atoms with Crippen molar-refractivity contribution in [3.63, 3.8) is 0 Å². The average Bonchev–Trinajstić information content (AvgIpc) is 3.38. The van der Waals surface area contributed by atoms with E-state index in [1.807, 2.05) is 12.1 Å². The average molecular weight is 566 g/mol. The van der Waals surface area contributed by atoms with Gasteiger partial charge in [-0.05, 0) is 80.9 Å². The monoisotopic (exact) mass is 565 g/mol. The van der Waals surface area contributed by atoms with E-state index >= 15 is 0 Å². The summed E-state index contributed by atoms with van der Waals surface area (Å²) in [6.45, 7) is 6.01. The molecule has 0 saturated carbocycles. The second-order valence-electron chi connectivity index (χ2n) is 10.7. The third-order valence-electron chi connectivity index (χ3n) is 6.03. The van der Waals surface area contributed by atoms with Crippen molar-refractivity contribution in [2.24, 2.45) is 0 Å². The fourth-order valence-corrected chi connectivity index (χ4v) is 4.48. The number of nitrogens with zero attached hydrogens (tertiary/aromatic N) is 3. The quantitative estimate of drug-likeness (QED) is 0.208. The number of carbonyl (C=O) groups excluding carboxylic acids is 1. The smallest absolute Gasteiger partial charge is 0.320 e. The molecule has 4 rings (SSSR count). The van der Waals surface area contributed by atoms with Crippen LogP contribution in [0.3, 0.4) is 0 Å². The maximum absolute atomic E-state index is 14.6. The summed E-state index contributed by atoms with van der Waals surface area (Å²) in [5.74, 6) is -0.733. The van der Waals surface area contributed by atoms with Crippen LogP contribution in [0.5, 0.6) is 5.75 Å². The normalized spacial score (nSPS) is 11.6. The highest BCUT2D eigenvalue weighted by molar-refractivity contribution is 5.76. The zero-order valence-electron chi connectivity index (χ0n) is 24.0. The molecule has 0 aliphatic carbocycles. The summed E-state index contributed by atoms with van der Waals surface area (Å²) in [6, 6.07) is 14.6. The summed E-state index contributed by atoms with van der Waals surface area (Å²) in [4.78, 5) is 18.4. The fraction of sp³-hybridized carbons (Fsp3) is 0.323. The molecule has 0 saturated heterocycles.